The second-order valence-corrected chi connectivity index (χ2v) is 5.09. The molecule has 4 heteroatoms. The average Bonchev–Trinajstić information content (AvgIpc) is 2.43. The number of aliphatic hydroxyl groups is 1. The molecule has 2 rings (SSSR count). The molecule has 0 aliphatic rings. The summed E-state index contributed by atoms with van der Waals surface area (Å²) in [4.78, 5) is 0. The van der Waals surface area contributed by atoms with Crippen molar-refractivity contribution in [1.29, 1.82) is 0 Å². The first-order valence-corrected chi connectivity index (χ1v) is 6.79. The van der Waals surface area contributed by atoms with Gasteiger partial charge in [-0.05, 0) is 29.7 Å². The monoisotopic (exact) mass is 296 g/mol. The summed E-state index contributed by atoms with van der Waals surface area (Å²) in [7, 11) is 0. The molecule has 20 heavy (non-hydrogen) atoms. The number of hydrogen-bond acceptors (Lipinski definition) is 1. The summed E-state index contributed by atoms with van der Waals surface area (Å²) in [5.74, 6) is -1.43. The molecule has 0 amide bonds. The average molecular weight is 297 g/mol. The Morgan fingerprint density at radius 3 is 2.25 bits per heavy atom. The van der Waals surface area contributed by atoms with Gasteiger partial charge in [0.1, 0.15) is 11.6 Å². The van der Waals surface area contributed by atoms with Crippen LogP contribution in [-0.4, -0.2) is 5.11 Å². The minimum atomic E-state index is -1.10. The van der Waals surface area contributed by atoms with Crippen LogP contribution < -0.4 is 0 Å². The highest BCUT2D eigenvalue weighted by molar-refractivity contribution is 6.30. The van der Waals surface area contributed by atoms with E-state index in [0.717, 1.165) is 24.1 Å². The van der Waals surface area contributed by atoms with Crippen LogP contribution in [0.3, 0.4) is 0 Å². The van der Waals surface area contributed by atoms with Crippen LogP contribution in [0.2, 0.25) is 5.02 Å². The van der Waals surface area contributed by atoms with Crippen molar-refractivity contribution in [2.45, 2.75) is 25.9 Å². The third-order valence-corrected chi connectivity index (χ3v) is 3.55. The van der Waals surface area contributed by atoms with Gasteiger partial charge in [0, 0.05) is 12.0 Å². The fraction of sp³-hybridized carbons (Fsp3) is 0.250. The van der Waals surface area contributed by atoms with Gasteiger partial charge in [-0.15, -0.1) is 0 Å². The van der Waals surface area contributed by atoms with E-state index in [1.165, 1.54) is 5.56 Å². The van der Waals surface area contributed by atoms with Gasteiger partial charge in [-0.25, -0.2) is 8.78 Å². The molecule has 0 heterocycles. The van der Waals surface area contributed by atoms with E-state index in [1.54, 1.807) is 0 Å². The number of aliphatic hydroxyl groups excluding tert-OH is 1. The Labute approximate surface area is 121 Å². The molecular formula is C16H15ClF2O. The Balaban J connectivity index is 2.18. The topological polar surface area (TPSA) is 20.2 Å². The Hall–Kier alpha value is -1.45. The quantitative estimate of drug-likeness (QED) is 0.826. The number of halogens is 3. The molecule has 0 spiro atoms. The van der Waals surface area contributed by atoms with Crippen molar-refractivity contribution in [3.63, 3.8) is 0 Å². The van der Waals surface area contributed by atoms with Crippen LogP contribution >= 0.6 is 11.6 Å². The van der Waals surface area contributed by atoms with E-state index >= 15 is 0 Å². The summed E-state index contributed by atoms with van der Waals surface area (Å²) in [5, 5.41) is 9.76. The molecule has 2 aromatic carbocycles. The number of benzene rings is 2. The molecule has 1 unspecified atom stereocenters. The maximum absolute atomic E-state index is 13.7. The second kappa shape index (κ2) is 6.33. The molecule has 1 nitrogen and oxygen atoms in total. The molecule has 106 valence electrons. The summed E-state index contributed by atoms with van der Waals surface area (Å²) < 4.78 is 27.0. The summed E-state index contributed by atoms with van der Waals surface area (Å²) >= 11 is 5.49. The highest BCUT2D eigenvalue weighted by atomic mass is 35.5. The first-order chi connectivity index (χ1) is 9.51. The minimum Gasteiger partial charge on any atom is -0.388 e. The third kappa shape index (κ3) is 3.35. The van der Waals surface area contributed by atoms with Crippen molar-refractivity contribution in [3.05, 3.63) is 69.7 Å². The summed E-state index contributed by atoms with van der Waals surface area (Å²) in [6.07, 6.45) is 0.0521. The molecule has 1 N–H and O–H groups in total. The van der Waals surface area contributed by atoms with Gasteiger partial charge in [0.25, 0.3) is 0 Å². The Morgan fingerprint density at radius 2 is 1.65 bits per heavy atom. The highest BCUT2D eigenvalue weighted by Crippen LogP contribution is 2.26. The van der Waals surface area contributed by atoms with Gasteiger partial charge in [-0.3, -0.25) is 0 Å². The minimum absolute atomic E-state index is 0.0773. The third-order valence-electron chi connectivity index (χ3n) is 3.26. The summed E-state index contributed by atoms with van der Waals surface area (Å²) in [5.41, 5.74) is 1.97. The van der Waals surface area contributed by atoms with Crippen LogP contribution in [0.1, 0.15) is 29.7 Å². The number of rotatable bonds is 4. The van der Waals surface area contributed by atoms with E-state index in [1.807, 2.05) is 24.3 Å². The molecule has 0 saturated heterocycles. The second-order valence-electron chi connectivity index (χ2n) is 4.68. The highest BCUT2D eigenvalue weighted by Gasteiger charge is 2.16. The van der Waals surface area contributed by atoms with Gasteiger partial charge in [-0.2, -0.15) is 0 Å². The van der Waals surface area contributed by atoms with Crippen molar-refractivity contribution < 1.29 is 13.9 Å². The van der Waals surface area contributed by atoms with Crippen LogP contribution in [0, 0.1) is 11.6 Å². The number of aryl methyl sites for hydroxylation is 1. The van der Waals surface area contributed by atoms with E-state index in [0.29, 0.717) is 0 Å². The lowest BCUT2D eigenvalue weighted by molar-refractivity contribution is 0.173. The molecule has 0 aliphatic heterocycles. The molecule has 1 atom stereocenters. The van der Waals surface area contributed by atoms with Gasteiger partial charge in [0.05, 0.1) is 11.1 Å². The van der Waals surface area contributed by atoms with Gasteiger partial charge >= 0.3 is 0 Å². The molecule has 0 aliphatic carbocycles. The Morgan fingerprint density at radius 1 is 1.05 bits per heavy atom. The van der Waals surface area contributed by atoms with Crippen molar-refractivity contribution in [3.8, 4) is 0 Å². The van der Waals surface area contributed by atoms with Crippen LogP contribution in [-0.2, 0) is 12.8 Å². The predicted octanol–water partition coefficient (Wildman–Crippen LogP) is 4.46. The maximum Gasteiger partial charge on any atom is 0.142 e. The van der Waals surface area contributed by atoms with Crippen LogP contribution in [0.4, 0.5) is 8.78 Å². The SMILES string of the molecule is CCc1ccc(CC(O)c2cc(F)c(Cl)cc2F)cc1. The zero-order valence-electron chi connectivity index (χ0n) is 11.0. The first kappa shape index (κ1) is 14.9. The van der Waals surface area contributed by atoms with Crippen LogP contribution in [0.5, 0.6) is 0 Å². The fourth-order valence-corrected chi connectivity index (χ4v) is 2.19. The van der Waals surface area contributed by atoms with E-state index in [9.17, 15) is 13.9 Å². The molecule has 0 aromatic heterocycles. The van der Waals surface area contributed by atoms with Crippen molar-refractivity contribution in [1.82, 2.24) is 0 Å². The van der Waals surface area contributed by atoms with E-state index < -0.39 is 17.7 Å². The standard InChI is InChI=1S/C16H15ClF2O/c1-2-10-3-5-11(6-4-10)7-16(20)12-8-15(19)13(17)9-14(12)18/h3-6,8-9,16,20H,2,7H2,1H3. The van der Waals surface area contributed by atoms with Gasteiger partial charge in [0.15, 0.2) is 0 Å². The summed E-state index contributed by atoms with van der Waals surface area (Å²) in [6.45, 7) is 2.05. The maximum atomic E-state index is 13.7. The smallest absolute Gasteiger partial charge is 0.142 e. The zero-order valence-corrected chi connectivity index (χ0v) is 11.8. The largest absolute Gasteiger partial charge is 0.388 e. The molecule has 0 radical (unpaired) electrons. The molecule has 0 fully saturated rings. The van der Waals surface area contributed by atoms with Crippen LogP contribution in [0.15, 0.2) is 36.4 Å². The summed E-state index contributed by atoms with van der Waals surface area (Å²) in [6, 6.07) is 9.51. The lowest BCUT2D eigenvalue weighted by Crippen LogP contribution is -2.05. The predicted molar refractivity (Wildman–Crippen MR) is 75.9 cm³/mol. The molecule has 2 aromatic rings. The van der Waals surface area contributed by atoms with E-state index in [2.05, 4.69) is 6.92 Å². The lowest BCUT2D eigenvalue weighted by atomic mass is 9.99. The van der Waals surface area contributed by atoms with E-state index in [-0.39, 0.29) is 17.0 Å². The van der Waals surface area contributed by atoms with Crippen LogP contribution in [0.25, 0.3) is 0 Å². The lowest BCUT2D eigenvalue weighted by Gasteiger charge is -2.13. The molecule has 0 bridgehead atoms. The Bertz CT molecular complexity index is 596. The fourth-order valence-electron chi connectivity index (χ4n) is 2.04. The van der Waals surface area contributed by atoms with Crippen molar-refractivity contribution >= 4 is 11.6 Å². The normalized spacial score (nSPS) is 12.4. The van der Waals surface area contributed by atoms with Gasteiger partial charge in [-0.1, -0.05) is 42.8 Å². The number of hydrogen-bond donors (Lipinski definition) is 1. The zero-order chi connectivity index (χ0) is 14.7. The Kier molecular flexibility index (Phi) is 4.73. The van der Waals surface area contributed by atoms with Gasteiger partial charge in [0.2, 0.25) is 0 Å². The molecular weight excluding hydrogens is 282 g/mol. The van der Waals surface area contributed by atoms with Gasteiger partial charge < -0.3 is 5.11 Å². The van der Waals surface area contributed by atoms with Crippen molar-refractivity contribution in [2.24, 2.45) is 0 Å². The van der Waals surface area contributed by atoms with Crippen molar-refractivity contribution in [2.75, 3.05) is 0 Å². The van der Waals surface area contributed by atoms with E-state index in [4.69, 9.17) is 11.6 Å². The first-order valence-electron chi connectivity index (χ1n) is 6.41. The molecule has 0 saturated carbocycles.